The number of aliphatic hydroxyl groups excluding tert-OH is 3. The standard InChI is InChI=1S/C33H48N2O9/c1-7-18(2)32(40)44-28-16-25(37)14-23-9-8-19(3)27(30(23)28)11-10-24(36)15-26(38)17-29(39)42-12-13-43-33(41)31-22(6)34-20(4)21(5)35-31/h8-9,14,18-19,24-28,30,36-38H,7,10-13,15-17H2,1-6H3/t18-,19-,24+,25+,26+,27-,28-,30?/m0/s1. The van der Waals surface area contributed by atoms with Crippen molar-refractivity contribution in [3.63, 3.8) is 0 Å². The molecule has 44 heavy (non-hydrogen) atoms. The molecule has 1 heterocycles. The molecule has 0 saturated heterocycles. The first-order valence-electron chi connectivity index (χ1n) is 15.6. The Labute approximate surface area is 259 Å². The quantitative estimate of drug-likeness (QED) is 0.159. The first kappa shape index (κ1) is 35.3. The number of aliphatic hydroxyl groups is 3. The van der Waals surface area contributed by atoms with Gasteiger partial charge in [-0.1, -0.05) is 39.0 Å². The number of hydrogen-bond donors (Lipinski definition) is 3. The number of ether oxygens (including phenoxy) is 3. The van der Waals surface area contributed by atoms with E-state index in [2.05, 4.69) is 23.0 Å². The second kappa shape index (κ2) is 16.2. The van der Waals surface area contributed by atoms with Crippen molar-refractivity contribution in [1.82, 2.24) is 9.97 Å². The summed E-state index contributed by atoms with van der Waals surface area (Å²) >= 11 is 0. The maximum absolute atomic E-state index is 12.6. The number of fused-ring (bicyclic) bond motifs is 1. The van der Waals surface area contributed by atoms with Gasteiger partial charge < -0.3 is 29.5 Å². The van der Waals surface area contributed by atoms with E-state index in [-0.39, 0.29) is 61.4 Å². The predicted octanol–water partition coefficient (Wildman–Crippen LogP) is 3.47. The highest BCUT2D eigenvalue weighted by Crippen LogP contribution is 2.44. The highest BCUT2D eigenvalue weighted by Gasteiger charge is 2.42. The summed E-state index contributed by atoms with van der Waals surface area (Å²) < 4.78 is 16.1. The van der Waals surface area contributed by atoms with Crippen LogP contribution in [0.25, 0.3) is 0 Å². The van der Waals surface area contributed by atoms with E-state index < -0.39 is 36.4 Å². The van der Waals surface area contributed by atoms with Gasteiger partial charge in [-0.05, 0) is 63.9 Å². The van der Waals surface area contributed by atoms with Crippen LogP contribution >= 0.6 is 0 Å². The number of carbonyl (C=O) groups excluding carboxylic acids is 3. The molecular weight excluding hydrogens is 568 g/mol. The number of aromatic nitrogens is 2. The molecule has 2 aliphatic carbocycles. The monoisotopic (exact) mass is 616 g/mol. The molecule has 0 fully saturated rings. The van der Waals surface area contributed by atoms with Gasteiger partial charge in [0.1, 0.15) is 19.3 Å². The third-order valence-corrected chi connectivity index (χ3v) is 8.69. The third-order valence-electron chi connectivity index (χ3n) is 8.69. The lowest BCUT2D eigenvalue weighted by atomic mass is 9.66. The maximum Gasteiger partial charge on any atom is 0.358 e. The van der Waals surface area contributed by atoms with Gasteiger partial charge in [0.05, 0.1) is 47.7 Å². The van der Waals surface area contributed by atoms with Crippen molar-refractivity contribution in [3.8, 4) is 0 Å². The minimum atomic E-state index is -1.11. The molecule has 244 valence electrons. The van der Waals surface area contributed by atoms with Crippen LogP contribution in [-0.4, -0.2) is 80.8 Å². The van der Waals surface area contributed by atoms with E-state index in [4.69, 9.17) is 14.2 Å². The van der Waals surface area contributed by atoms with Gasteiger partial charge in [0.25, 0.3) is 0 Å². The fraction of sp³-hybridized carbons (Fsp3) is 0.667. The van der Waals surface area contributed by atoms with Gasteiger partial charge in [0.15, 0.2) is 5.69 Å². The Morgan fingerprint density at radius 1 is 1.02 bits per heavy atom. The van der Waals surface area contributed by atoms with Crippen LogP contribution in [0.4, 0.5) is 0 Å². The van der Waals surface area contributed by atoms with Gasteiger partial charge >= 0.3 is 17.9 Å². The van der Waals surface area contributed by atoms with Crippen LogP contribution < -0.4 is 0 Å². The van der Waals surface area contributed by atoms with Gasteiger partial charge in [0, 0.05) is 12.3 Å². The summed E-state index contributed by atoms with van der Waals surface area (Å²) in [5.74, 6) is -1.72. The zero-order chi connectivity index (χ0) is 32.6. The normalized spacial score (nSPS) is 24.8. The van der Waals surface area contributed by atoms with Gasteiger partial charge in [0.2, 0.25) is 0 Å². The van der Waals surface area contributed by atoms with Crippen LogP contribution in [0.15, 0.2) is 23.8 Å². The Bertz CT molecular complexity index is 1230. The highest BCUT2D eigenvalue weighted by molar-refractivity contribution is 5.88. The lowest BCUT2D eigenvalue weighted by Gasteiger charge is -2.43. The second-order valence-corrected chi connectivity index (χ2v) is 12.2. The fourth-order valence-electron chi connectivity index (χ4n) is 5.84. The smallest absolute Gasteiger partial charge is 0.358 e. The van der Waals surface area contributed by atoms with E-state index >= 15 is 0 Å². The van der Waals surface area contributed by atoms with Crippen molar-refractivity contribution >= 4 is 17.9 Å². The van der Waals surface area contributed by atoms with E-state index in [1.807, 2.05) is 26.0 Å². The molecule has 3 rings (SSSR count). The van der Waals surface area contributed by atoms with Gasteiger partial charge in [-0.25, -0.2) is 9.78 Å². The molecule has 0 radical (unpaired) electrons. The number of esters is 3. The van der Waals surface area contributed by atoms with Crippen LogP contribution in [-0.2, 0) is 23.8 Å². The number of allylic oxidation sites excluding steroid dienone is 2. The lowest BCUT2D eigenvalue weighted by Crippen LogP contribution is -2.43. The molecule has 2 aliphatic rings. The van der Waals surface area contributed by atoms with Crippen LogP contribution in [0.5, 0.6) is 0 Å². The Morgan fingerprint density at radius 2 is 1.70 bits per heavy atom. The number of carbonyl (C=O) groups is 3. The summed E-state index contributed by atoms with van der Waals surface area (Å²) in [5, 5.41) is 31.5. The van der Waals surface area contributed by atoms with Crippen molar-refractivity contribution in [1.29, 1.82) is 0 Å². The van der Waals surface area contributed by atoms with E-state index in [9.17, 15) is 29.7 Å². The number of aryl methyl sites for hydroxylation is 3. The zero-order valence-electron chi connectivity index (χ0n) is 26.7. The summed E-state index contributed by atoms with van der Waals surface area (Å²) in [7, 11) is 0. The molecule has 1 aromatic rings. The number of hydrogen-bond acceptors (Lipinski definition) is 11. The topological polar surface area (TPSA) is 165 Å². The molecule has 11 nitrogen and oxygen atoms in total. The van der Waals surface area contributed by atoms with Crippen molar-refractivity contribution < 1.29 is 43.9 Å². The molecule has 0 amide bonds. The largest absolute Gasteiger partial charge is 0.462 e. The molecule has 0 bridgehead atoms. The van der Waals surface area contributed by atoms with Crippen molar-refractivity contribution in [2.24, 2.45) is 23.7 Å². The maximum atomic E-state index is 12.6. The van der Waals surface area contributed by atoms with Crippen molar-refractivity contribution in [3.05, 3.63) is 46.6 Å². The molecule has 0 aromatic carbocycles. The van der Waals surface area contributed by atoms with E-state index in [1.54, 1.807) is 20.8 Å². The predicted molar refractivity (Wildman–Crippen MR) is 161 cm³/mol. The zero-order valence-corrected chi connectivity index (χ0v) is 26.7. The van der Waals surface area contributed by atoms with Crippen molar-refractivity contribution in [2.45, 2.75) is 104 Å². The molecular formula is C33H48N2O9. The summed E-state index contributed by atoms with van der Waals surface area (Å²) in [6.07, 6.45) is 4.42. The molecule has 1 unspecified atom stereocenters. The number of nitrogens with zero attached hydrogens (tertiary/aromatic N) is 2. The van der Waals surface area contributed by atoms with Crippen LogP contribution in [0, 0.1) is 44.4 Å². The molecule has 1 aromatic heterocycles. The second-order valence-electron chi connectivity index (χ2n) is 12.2. The first-order chi connectivity index (χ1) is 20.8. The third kappa shape index (κ3) is 9.67. The lowest BCUT2D eigenvalue weighted by molar-refractivity contribution is -0.159. The molecule has 0 spiro atoms. The van der Waals surface area contributed by atoms with Gasteiger partial charge in [-0.15, -0.1) is 0 Å². The molecule has 0 aliphatic heterocycles. The molecule has 8 atom stereocenters. The Morgan fingerprint density at radius 3 is 2.41 bits per heavy atom. The first-order valence-corrected chi connectivity index (χ1v) is 15.6. The molecule has 11 heteroatoms. The summed E-state index contributed by atoms with van der Waals surface area (Å²) in [6, 6.07) is 0. The van der Waals surface area contributed by atoms with Crippen LogP contribution in [0.2, 0.25) is 0 Å². The average Bonchev–Trinajstić information content (AvgIpc) is 2.95. The summed E-state index contributed by atoms with van der Waals surface area (Å²) in [5.41, 5.74) is 2.84. The van der Waals surface area contributed by atoms with Crippen molar-refractivity contribution in [2.75, 3.05) is 13.2 Å². The fourth-order valence-corrected chi connectivity index (χ4v) is 5.84. The Hall–Kier alpha value is -3.15. The minimum Gasteiger partial charge on any atom is -0.462 e. The van der Waals surface area contributed by atoms with Gasteiger partial charge in [-0.2, -0.15) is 0 Å². The van der Waals surface area contributed by atoms with E-state index in [1.165, 1.54) is 0 Å². The summed E-state index contributed by atoms with van der Waals surface area (Å²) in [6.45, 7) is 10.7. The molecule has 3 N–H and O–H groups in total. The van der Waals surface area contributed by atoms with Crippen LogP contribution in [0.3, 0.4) is 0 Å². The Balaban J connectivity index is 1.44. The van der Waals surface area contributed by atoms with Gasteiger partial charge in [-0.3, -0.25) is 14.6 Å². The van der Waals surface area contributed by atoms with E-state index in [0.717, 1.165) is 11.3 Å². The average molecular weight is 617 g/mol. The van der Waals surface area contributed by atoms with Crippen LogP contribution in [0.1, 0.15) is 86.9 Å². The molecule has 0 saturated carbocycles. The number of rotatable bonds is 14. The van der Waals surface area contributed by atoms with E-state index in [0.29, 0.717) is 37.1 Å². The Kier molecular flexibility index (Phi) is 13.0. The SMILES string of the molecule is CC[C@H](C)C(=O)O[C@H]1C[C@H](O)C=C2C=C[C@H](C)[C@H](CC[C@@H](O)C[C@@H](O)CC(=O)OCCOC(=O)c3nc(C)c(C)nc3C)C21. The highest BCUT2D eigenvalue weighted by atomic mass is 16.6. The minimum absolute atomic E-state index is 0.00967. The summed E-state index contributed by atoms with van der Waals surface area (Å²) in [4.78, 5) is 45.6.